The van der Waals surface area contributed by atoms with Crippen molar-refractivity contribution >= 4 is 19.8 Å². The number of hydrogen-bond acceptors (Lipinski definition) is 8. The molecule has 0 aliphatic rings. The Kier molecular flexibility index (Phi) is 52.1. The molecule has 11 heteroatoms. The highest BCUT2D eigenvalue weighted by molar-refractivity contribution is 7.47. The maximum Gasteiger partial charge on any atom is 0.472 e. The van der Waals surface area contributed by atoms with E-state index in [1.165, 1.54) is 173 Å². The molecular formula is C58H108NO9P. The van der Waals surface area contributed by atoms with Gasteiger partial charge in [0, 0.05) is 13.0 Å². The molecule has 0 aliphatic carbocycles. The van der Waals surface area contributed by atoms with Gasteiger partial charge in [-0.1, -0.05) is 262 Å². The molecule has 69 heavy (non-hydrogen) atoms. The number of unbranched alkanes of at least 4 members (excludes halogenated alkanes) is 33. The first kappa shape index (κ1) is 66.9. The van der Waals surface area contributed by atoms with Gasteiger partial charge >= 0.3 is 19.8 Å². The maximum atomic E-state index is 12.7. The molecule has 0 heterocycles. The lowest BCUT2D eigenvalue weighted by molar-refractivity contribution is -0.154. The summed E-state index contributed by atoms with van der Waals surface area (Å²) in [6, 6.07) is -1.47. The van der Waals surface area contributed by atoms with Crippen LogP contribution in [-0.4, -0.2) is 60.5 Å². The van der Waals surface area contributed by atoms with Crippen molar-refractivity contribution in [3.63, 3.8) is 0 Å². The summed E-state index contributed by atoms with van der Waals surface area (Å²) < 4.78 is 33.6. The number of nitrogens with two attached hydrogens (primary N) is 1. The van der Waals surface area contributed by atoms with Gasteiger partial charge in [-0.25, -0.2) is 4.57 Å². The van der Waals surface area contributed by atoms with Crippen LogP contribution in [0.4, 0.5) is 0 Å². The quantitative estimate of drug-likeness (QED) is 0.0232. The Morgan fingerprint density at radius 2 is 0.841 bits per heavy atom. The Morgan fingerprint density at radius 3 is 1.26 bits per heavy atom. The number of carbonyl (C=O) groups is 2. The van der Waals surface area contributed by atoms with E-state index in [0.29, 0.717) is 13.0 Å². The smallest absolute Gasteiger partial charge is 0.472 e. The Hall–Kier alpha value is -2.07. The monoisotopic (exact) mass is 994 g/mol. The van der Waals surface area contributed by atoms with Crippen molar-refractivity contribution in [3.8, 4) is 0 Å². The predicted octanol–water partition coefficient (Wildman–Crippen LogP) is 17.3. The van der Waals surface area contributed by atoms with Crippen molar-refractivity contribution in [1.82, 2.24) is 0 Å². The van der Waals surface area contributed by atoms with E-state index in [4.69, 9.17) is 29.4 Å². The first-order valence-corrected chi connectivity index (χ1v) is 30.2. The van der Waals surface area contributed by atoms with Crippen molar-refractivity contribution < 1.29 is 42.7 Å². The third kappa shape index (κ3) is 53.6. The van der Waals surface area contributed by atoms with Crippen molar-refractivity contribution in [2.75, 3.05) is 26.4 Å². The fourth-order valence-electron chi connectivity index (χ4n) is 8.25. The molecule has 3 unspecified atom stereocenters. The van der Waals surface area contributed by atoms with E-state index in [0.717, 1.165) is 70.6 Å². The van der Waals surface area contributed by atoms with E-state index in [1.807, 2.05) is 0 Å². The second-order valence-corrected chi connectivity index (χ2v) is 20.9. The van der Waals surface area contributed by atoms with Crippen LogP contribution in [0.25, 0.3) is 0 Å². The van der Waals surface area contributed by atoms with Gasteiger partial charge in [0.2, 0.25) is 0 Å². The summed E-state index contributed by atoms with van der Waals surface area (Å²) in [5, 5.41) is 8.95. The Labute approximate surface area is 424 Å². The van der Waals surface area contributed by atoms with Crippen LogP contribution in [0.3, 0.4) is 0 Å². The molecule has 0 radical (unpaired) electrons. The SMILES string of the molecule is CC/C=C\C/C=C\C/C=C\C/C=C\CCCCCCCCCCCCC(=O)OC(COCCCCCCCCCCCCCCCCCCCCCCCCCC)COP(=O)(O)OCC(N)C(=O)O. The van der Waals surface area contributed by atoms with Crippen LogP contribution in [0.1, 0.15) is 271 Å². The number of allylic oxidation sites excluding steroid dienone is 8. The zero-order valence-electron chi connectivity index (χ0n) is 44.7. The summed E-state index contributed by atoms with van der Waals surface area (Å²) in [6.45, 7) is 3.82. The number of carboxylic acids is 1. The molecule has 0 saturated heterocycles. The molecule has 0 bridgehead atoms. The van der Waals surface area contributed by atoms with Gasteiger partial charge in [0.05, 0.1) is 19.8 Å². The van der Waals surface area contributed by atoms with Crippen molar-refractivity contribution in [1.29, 1.82) is 0 Å². The van der Waals surface area contributed by atoms with Gasteiger partial charge in [-0.3, -0.25) is 18.6 Å². The number of hydrogen-bond donors (Lipinski definition) is 3. The van der Waals surface area contributed by atoms with E-state index in [1.54, 1.807) is 0 Å². The molecular weight excluding hydrogens is 886 g/mol. The maximum absolute atomic E-state index is 12.7. The van der Waals surface area contributed by atoms with Gasteiger partial charge in [-0.15, -0.1) is 0 Å². The lowest BCUT2D eigenvalue weighted by Gasteiger charge is -2.20. The van der Waals surface area contributed by atoms with Crippen molar-refractivity contribution in [3.05, 3.63) is 48.6 Å². The van der Waals surface area contributed by atoms with Gasteiger partial charge in [-0.05, 0) is 51.4 Å². The fourth-order valence-corrected chi connectivity index (χ4v) is 9.02. The van der Waals surface area contributed by atoms with Crippen LogP contribution in [0.2, 0.25) is 0 Å². The molecule has 3 atom stereocenters. The molecule has 0 aromatic heterocycles. The topological polar surface area (TPSA) is 155 Å². The zero-order chi connectivity index (χ0) is 50.4. The summed E-state index contributed by atoms with van der Waals surface area (Å²) in [5.74, 6) is -1.77. The van der Waals surface area contributed by atoms with Gasteiger partial charge < -0.3 is 25.2 Å². The lowest BCUT2D eigenvalue weighted by atomic mass is 10.0. The Bertz CT molecular complexity index is 1290. The number of carbonyl (C=O) groups excluding carboxylic acids is 1. The predicted molar refractivity (Wildman–Crippen MR) is 291 cm³/mol. The zero-order valence-corrected chi connectivity index (χ0v) is 45.6. The molecule has 0 rings (SSSR count). The van der Waals surface area contributed by atoms with E-state index in [9.17, 15) is 19.0 Å². The van der Waals surface area contributed by atoms with E-state index < -0.39 is 45.1 Å². The standard InChI is InChI=1S/C58H108NO9P/c1-3-5-7-9-11-13-15-17-19-21-23-25-27-29-31-33-35-37-39-41-43-45-47-49-51-65-52-55(53-66-69(63,64)67-54-56(59)58(61)62)68-57(60)50-48-46-44-42-40-38-36-34-32-30-28-26-24-22-20-18-16-14-12-10-8-6-4-2/h6,8,12,14,18,20,24,26,55-56H,3-5,7,9-11,13,15-17,19,21-23,25,27-54,59H2,1-2H3,(H,61,62)(H,63,64)/b8-6-,14-12-,20-18-,26-24-. The van der Waals surface area contributed by atoms with Crippen LogP contribution in [0.5, 0.6) is 0 Å². The highest BCUT2D eigenvalue weighted by atomic mass is 31.2. The summed E-state index contributed by atoms with van der Waals surface area (Å²) >= 11 is 0. The molecule has 0 aromatic rings. The van der Waals surface area contributed by atoms with Crippen LogP contribution >= 0.6 is 7.82 Å². The van der Waals surface area contributed by atoms with Crippen LogP contribution < -0.4 is 5.73 Å². The first-order valence-electron chi connectivity index (χ1n) is 28.7. The molecule has 4 N–H and O–H groups in total. The number of phosphoric acid groups is 1. The van der Waals surface area contributed by atoms with Gasteiger partial charge in [-0.2, -0.15) is 0 Å². The number of ether oxygens (including phenoxy) is 2. The molecule has 404 valence electrons. The van der Waals surface area contributed by atoms with Crippen LogP contribution in [0.15, 0.2) is 48.6 Å². The average Bonchev–Trinajstić information content (AvgIpc) is 3.33. The molecule has 0 fully saturated rings. The molecule has 0 aliphatic heterocycles. The third-order valence-electron chi connectivity index (χ3n) is 12.6. The summed E-state index contributed by atoms with van der Waals surface area (Å²) in [4.78, 5) is 33.8. The Morgan fingerprint density at radius 1 is 0.478 bits per heavy atom. The minimum Gasteiger partial charge on any atom is -0.480 e. The van der Waals surface area contributed by atoms with E-state index >= 15 is 0 Å². The van der Waals surface area contributed by atoms with Crippen LogP contribution in [0, 0.1) is 0 Å². The van der Waals surface area contributed by atoms with Gasteiger partial charge in [0.25, 0.3) is 0 Å². The second kappa shape index (κ2) is 53.7. The van der Waals surface area contributed by atoms with E-state index in [-0.39, 0.29) is 13.0 Å². The summed E-state index contributed by atoms with van der Waals surface area (Å²) in [5.41, 5.74) is 5.39. The second-order valence-electron chi connectivity index (χ2n) is 19.4. The van der Waals surface area contributed by atoms with E-state index in [2.05, 4.69) is 62.5 Å². The van der Waals surface area contributed by atoms with Gasteiger partial charge in [0.1, 0.15) is 12.1 Å². The number of aliphatic carboxylic acids is 1. The Balaban J connectivity index is 4.05. The largest absolute Gasteiger partial charge is 0.480 e. The highest BCUT2D eigenvalue weighted by Crippen LogP contribution is 2.43. The van der Waals surface area contributed by atoms with Crippen molar-refractivity contribution in [2.45, 2.75) is 283 Å². The first-order chi connectivity index (χ1) is 33.7. The minimum atomic E-state index is -4.63. The fraction of sp³-hybridized carbons (Fsp3) is 0.828. The average molecular weight is 994 g/mol. The lowest BCUT2D eigenvalue weighted by Crippen LogP contribution is -2.34. The molecule has 0 amide bonds. The molecule has 0 aromatic carbocycles. The third-order valence-corrected chi connectivity index (χ3v) is 13.6. The normalized spacial score (nSPS) is 13.9. The molecule has 0 saturated carbocycles. The number of esters is 1. The number of rotatable bonds is 55. The highest BCUT2D eigenvalue weighted by Gasteiger charge is 2.27. The summed E-state index contributed by atoms with van der Waals surface area (Å²) in [6.07, 6.45) is 66.1. The summed E-state index contributed by atoms with van der Waals surface area (Å²) in [7, 11) is -4.63. The number of carboxylic acid groups (broad SMARTS) is 1. The minimum absolute atomic E-state index is 0.0180. The molecule has 10 nitrogen and oxygen atoms in total. The van der Waals surface area contributed by atoms with Gasteiger partial charge in [0.15, 0.2) is 0 Å². The van der Waals surface area contributed by atoms with Crippen LogP contribution in [-0.2, 0) is 32.7 Å². The number of phosphoric ester groups is 1. The van der Waals surface area contributed by atoms with Crippen molar-refractivity contribution in [2.24, 2.45) is 5.73 Å². The molecule has 0 spiro atoms.